The van der Waals surface area contributed by atoms with Crippen LogP contribution >= 0.6 is 15.9 Å². The van der Waals surface area contributed by atoms with E-state index in [1.807, 2.05) is 0 Å². The average Bonchev–Trinajstić information content (AvgIpc) is 2.97. The zero-order valence-electron chi connectivity index (χ0n) is 25.0. The van der Waals surface area contributed by atoms with Gasteiger partial charge in [-0.15, -0.1) is 0 Å². The molecule has 0 saturated carbocycles. The maximum absolute atomic E-state index is 5.52. The molecule has 0 atom stereocenters. The molecule has 0 amide bonds. The van der Waals surface area contributed by atoms with Gasteiger partial charge < -0.3 is 52.1 Å². The zero-order chi connectivity index (χ0) is 28.9. The molecule has 0 heterocycles. The zero-order valence-corrected chi connectivity index (χ0v) is 26.5. The van der Waals surface area contributed by atoms with Crippen molar-refractivity contribution in [1.29, 1.82) is 0 Å². The topological polar surface area (TPSA) is 102 Å². The van der Waals surface area contributed by atoms with Crippen molar-refractivity contribution >= 4 is 15.9 Å². The van der Waals surface area contributed by atoms with Gasteiger partial charge in [0, 0.05) is 11.9 Å². The lowest BCUT2D eigenvalue weighted by Crippen LogP contribution is -2.15. The molecule has 242 valence electrons. The summed E-state index contributed by atoms with van der Waals surface area (Å²) in [5, 5.41) is 0.841. The standard InChI is InChI=1S/C28H57BrO11/c1-2-3-4-5-7-30-9-11-32-13-15-34-17-19-36-21-23-38-25-27-40-28-26-39-24-22-37-20-18-35-16-14-33-12-10-31-8-6-29/h2-28H2,1H3. The van der Waals surface area contributed by atoms with Gasteiger partial charge in [0.25, 0.3) is 0 Å². The summed E-state index contributed by atoms with van der Waals surface area (Å²) in [5.74, 6) is 0. The number of hydrogen-bond donors (Lipinski definition) is 0. The highest BCUT2D eigenvalue weighted by atomic mass is 79.9. The van der Waals surface area contributed by atoms with Crippen molar-refractivity contribution in [3.8, 4) is 0 Å². The highest BCUT2D eigenvalue weighted by molar-refractivity contribution is 9.09. The van der Waals surface area contributed by atoms with Gasteiger partial charge in [-0.25, -0.2) is 0 Å². The van der Waals surface area contributed by atoms with E-state index in [0.29, 0.717) is 139 Å². The molecule has 0 unspecified atom stereocenters. The summed E-state index contributed by atoms with van der Waals surface area (Å²) < 4.78 is 59.9. The first-order chi connectivity index (χ1) is 19.9. The van der Waals surface area contributed by atoms with Gasteiger partial charge in [0.05, 0.1) is 139 Å². The second-order valence-corrected chi connectivity index (χ2v) is 9.28. The van der Waals surface area contributed by atoms with Crippen LogP contribution in [0.2, 0.25) is 0 Å². The number of alkyl halides is 1. The van der Waals surface area contributed by atoms with E-state index >= 15 is 0 Å². The van der Waals surface area contributed by atoms with Gasteiger partial charge >= 0.3 is 0 Å². The van der Waals surface area contributed by atoms with Crippen LogP contribution in [0.1, 0.15) is 32.6 Å². The van der Waals surface area contributed by atoms with Gasteiger partial charge in [-0.1, -0.05) is 42.1 Å². The highest BCUT2D eigenvalue weighted by Crippen LogP contribution is 1.98. The Kier molecular flexibility index (Phi) is 39.1. The molecule has 11 nitrogen and oxygen atoms in total. The van der Waals surface area contributed by atoms with Crippen LogP contribution in [0.15, 0.2) is 0 Å². The van der Waals surface area contributed by atoms with Gasteiger partial charge in [0.15, 0.2) is 0 Å². The van der Waals surface area contributed by atoms with E-state index in [-0.39, 0.29) is 0 Å². The third kappa shape index (κ3) is 38.0. The maximum Gasteiger partial charge on any atom is 0.0701 e. The van der Waals surface area contributed by atoms with E-state index in [1.165, 1.54) is 19.3 Å². The van der Waals surface area contributed by atoms with E-state index in [4.69, 9.17) is 52.1 Å². The normalized spacial score (nSPS) is 11.6. The van der Waals surface area contributed by atoms with Gasteiger partial charge in [-0.05, 0) is 6.42 Å². The lowest BCUT2D eigenvalue weighted by Gasteiger charge is -2.09. The number of hydrogen-bond acceptors (Lipinski definition) is 11. The maximum atomic E-state index is 5.52. The van der Waals surface area contributed by atoms with Crippen molar-refractivity contribution in [1.82, 2.24) is 0 Å². The molecule has 0 aromatic heterocycles. The van der Waals surface area contributed by atoms with Crippen LogP contribution in [0, 0.1) is 0 Å². The Bertz CT molecular complexity index is 401. The van der Waals surface area contributed by atoms with Crippen molar-refractivity contribution in [2.75, 3.05) is 151 Å². The molecule has 0 bridgehead atoms. The molecule has 0 N–H and O–H groups in total. The molecule has 0 aliphatic rings. The van der Waals surface area contributed by atoms with Crippen molar-refractivity contribution in [2.45, 2.75) is 32.6 Å². The van der Waals surface area contributed by atoms with Crippen LogP contribution in [0.3, 0.4) is 0 Å². The van der Waals surface area contributed by atoms with E-state index < -0.39 is 0 Å². The molecule has 0 aromatic carbocycles. The number of rotatable bonds is 37. The van der Waals surface area contributed by atoms with Crippen LogP contribution in [0.4, 0.5) is 0 Å². The van der Waals surface area contributed by atoms with Crippen molar-refractivity contribution in [2.24, 2.45) is 0 Å². The summed E-state index contributed by atoms with van der Waals surface area (Å²) in [7, 11) is 0. The smallest absolute Gasteiger partial charge is 0.0701 e. The first-order valence-corrected chi connectivity index (χ1v) is 15.9. The lowest BCUT2D eigenvalue weighted by molar-refractivity contribution is -0.0274. The third-order valence-electron chi connectivity index (χ3n) is 5.08. The Hall–Kier alpha value is 0.0400. The van der Waals surface area contributed by atoms with Crippen molar-refractivity contribution in [3.05, 3.63) is 0 Å². The van der Waals surface area contributed by atoms with Crippen molar-refractivity contribution in [3.63, 3.8) is 0 Å². The second kappa shape index (κ2) is 39.0. The minimum atomic E-state index is 0.525. The molecule has 12 heteroatoms. The Morgan fingerprint density at radius 1 is 0.275 bits per heavy atom. The molecule has 0 aliphatic heterocycles. The Labute approximate surface area is 251 Å². The molecule has 0 aliphatic carbocycles. The predicted molar refractivity (Wildman–Crippen MR) is 157 cm³/mol. The van der Waals surface area contributed by atoms with Crippen LogP contribution < -0.4 is 0 Å². The summed E-state index contributed by atoms with van der Waals surface area (Å²) in [6.07, 6.45) is 4.91. The molecule has 0 radical (unpaired) electrons. The fourth-order valence-electron chi connectivity index (χ4n) is 2.99. The van der Waals surface area contributed by atoms with Gasteiger partial charge in [-0.3, -0.25) is 0 Å². The van der Waals surface area contributed by atoms with E-state index in [9.17, 15) is 0 Å². The quantitative estimate of drug-likeness (QED) is 0.0733. The largest absolute Gasteiger partial charge is 0.379 e. The average molecular weight is 650 g/mol. The molecule has 0 saturated heterocycles. The van der Waals surface area contributed by atoms with Crippen LogP contribution in [0.5, 0.6) is 0 Å². The second-order valence-electron chi connectivity index (χ2n) is 8.49. The lowest BCUT2D eigenvalue weighted by atomic mass is 10.2. The molecule has 0 spiro atoms. The Balaban J connectivity index is 3.01. The monoisotopic (exact) mass is 648 g/mol. The van der Waals surface area contributed by atoms with Crippen LogP contribution in [0.25, 0.3) is 0 Å². The Morgan fingerprint density at radius 2 is 0.500 bits per heavy atom. The third-order valence-corrected chi connectivity index (χ3v) is 5.41. The van der Waals surface area contributed by atoms with Gasteiger partial charge in [0.1, 0.15) is 0 Å². The van der Waals surface area contributed by atoms with E-state index in [1.54, 1.807) is 0 Å². The number of halogens is 1. The first kappa shape index (κ1) is 40.0. The van der Waals surface area contributed by atoms with E-state index in [2.05, 4.69) is 22.9 Å². The minimum absolute atomic E-state index is 0.525. The molecule has 0 fully saturated rings. The molecular formula is C28H57BrO11. The Morgan fingerprint density at radius 3 is 0.725 bits per heavy atom. The van der Waals surface area contributed by atoms with Gasteiger partial charge in [-0.2, -0.15) is 0 Å². The summed E-state index contributed by atoms with van der Waals surface area (Å²) in [6, 6.07) is 0. The summed E-state index contributed by atoms with van der Waals surface area (Å²) >= 11 is 3.30. The molecule has 40 heavy (non-hydrogen) atoms. The van der Waals surface area contributed by atoms with Crippen molar-refractivity contribution < 1.29 is 52.1 Å². The SMILES string of the molecule is CCCCCCOCCOCCOCCOCCOCCOCCOCCOCCOCCOCCOCCBr. The molecule has 0 aromatic rings. The first-order valence-electron chi connectivity index (χ1n) is 14.8. The number of ether oxygens (including phenoxy) is 11. The van der Waals surface area contributed by atoms with E-state index in [0.717, 1.165) is 18.4 Å². The predicted octanol–water partition coefficient (Wildman–Crippen LogP) is 3.14. The highest BCUT2D eigenvalue weighted by Gasteiger charge is 1.96. The molecule has 0 rings (SSSR count). The minimum Gasteiger partial charge on any atom is -0.379 e. The van der Waals surface area contributed by atoms with Crippen LogP contribution in [-0.2, 0) is 52.1 Å². The summed E-state index contributed by atoms with van der Waals surface area (Å²) in [6.45, 7) is 14.8. The van der Waals surface area contributed by atoms with Gasteiger partial charge in [0.2, 0.25) is 0 Å². The number of unbranched alkanes of at least 4 members (excludes halogenated alkanes) is 3. The summed E-state index contributed by atoms with van der Waals surface area (Å²) in [5.41, 5.74) is 0. The molecular weight excluding hydrogens is 592 g/mol. The van der Waals surface area contributed by atoms with Crippen LogP contribution in [-0.4, -0.2) is 151 Å². The fraction of sp³-hybridized carbons (Fsp3) is 1.00. The summed E-state index contributed by atoms with van der Waals surface area (Å²) in [4.78, 5) is 0. The fourth-order valence-corrected chi connectivity index (χ4v) is 3.22.